The summed E-state index contributed by atoms with van der Waals surface area (Å²) in [5.41, 5.74) is 14.0. The summed E-state index contributed by atoms with van der Waals surface area (Å²) in [4.78, 5) is 2.33. The second kappa shape index (κ2) is 12.6. The Labute approximate surface area is 347 Å². The molecular formula is C57H35NO2. The molecule has 10 aromatic carbocycles. The van der Waals surface area contributed by atoms with E-state index in [-0.39, 0.29) is 0 Å². The highest BCUT2D eigenvalue weighted by Gasteiger charge is 2.52. The van der Waals surface area contributed by atoms with E-state index in [4.69, 9.17) is 9.15 Å². The minimum absolute atomic E-state index is 0.616. The van der Waals surface area contributed by atoms with E-state index in [1.54, 1.807) is 0 Å². The molecule has 60 heavy (non-hydrogen) atoms. The fourth-order valence-corrected chi connectivity index (χ4v) is 10.4. The minimum Gasteiger partial charge on any atom is -0.456 e. The minimum atomic E-state index is -0.616. The van der Waals surface area contributed by atoms with E-state index in [1.165, 1.54) is 27.8 Å². The largest absolute Gasteiger partial charge is 0.456 e. The van der Waals surface area contributed by atoms with Crippen molar-refractivity contribution >= 4 is 60.5 Å². The highest BCUT2D eigenvalue weighted by Crippen LogP contribution is 2.65. The van der Waals surface area contributed by atoms with Crippen molar-refractivity contribution in [3.63, 3.8) is 0 Å². The number of furan rings is 1. The smallest absolute Gasteiger partial charge is 0.140 e. The normalized spacial score (nSPS) is 13.3. The SMILES string of the molecule is c1ccc(N(c2cccc(-c3cccc4c3-c3ccccc3C43c4ccc5ccccc5c4Oc4c3ccc3ccccc43)c2)c2ccc3c(c2)oc2ccccc23)cc1. The maximum atomic E-state index is 7.19. The molecule has 2 aliphatic rings. The molecule has 1 aliphatic heterocycles. The predicted molar refractivity (Wildman–Crippen MR) is 246 cm³/mol. The van der Waals surface area contributed by atoms with Crippen molar-refractivity contribution in [2.75, 3.05) is 4.90 Å². The number of hydrogen-bond acceptors (Lipinski definition) is 3. The lowest BCUT2D eigenvalue weighted by Crippen LogP contribution is -2.32. The van der Waals surface area contributed by atoms with Gasteiger partial charge in [-0.2, -0.15) is 0 Å². The molecule has 0 bridgehead atoms. The number of nitrogens with zero attached hydrogens (tertiary/aromatic N) is 1. The van der Waals surface area contributed by atoms with Crippen LogP contribution in [0.25, 0.3) is 65.7 Å². The van der Waals surface area contributed by atoms with Crippen molar-refractivity contribution in [2.45, 2.75) is 5.41 Å². The van der Waals surface area contributed by atoms with Crippen LogP contribution < -0.4 is 9.64 Å². The first kappa shape index (κ1) is 33.1. The van der Waals surface area contributed by atoms with Gasteiger partial charge in [-0.15, -0.1) is 0 Å². The van der Waals surface area contributed by atoms with Gasteiger partial charge >= 0.3 is 0 Å². The first-order chi connectivity index (χ1) is 29.8. The molecule has 0 fully saturated rings. The van der Waals surface area contributed by atoms with Crippen molar-refractivity contribution in [3.8, 4) is 33.8 Å². The number of para-hydroxylation sites is 2. The van der Waals surface area contributed by atoms with Gasteiger partial charge in [0.1, 0.15) is 22.7 Å². The average Bonchev–Trinajstić information content (AvgIpc) is 3.83. The van der Waals surface area contributed by atoms with Crippen molar-refractivity contribution in [1.82, 2.24) is 0 Å². The zero-order chi connectivity index (χ0) is 39.4. The molecule has 1 spiro atoms. The third-order valence-corrected chi connectivity index (χ3v) is 12.9. The van der Waals surface area contributed by atoms with Crippen LogP contribution in [0.2, 0.25) is 0 Å². The maximum absolute atomic E-state index is 7.19. The molecule has 0 radical (unpaired) electrons. The van der Waals surface area contributed by atoms with E-state index in [0.717, 1.165) is 88.7 Å². The highest BCUT2D eigenvalue weighted by molar-refractivity contribution is 6.06. The third kappa shape index (κ3) is 4.54. The first-order valence-electron chi connectivity index (χ1n) is 20.6. The number of ether oxygens (including phenoxy) is 1. The fraction of sp³-hybridized carbons (Fsp3) is 0.0175. The van der Waals surface area contributed by atoms with Gasteiger partial charge < -0.3 is 14.1 Å². The second-order valence-corrected chi connectivity index (χ2v) is 16.0. The summed E-state index contributed by atoms with van der Waals surface area (Å²) in [7, 11) is 0. The van der Waals surface area contributed by atoms with Crippen LogP contribution in [0.4, 0.5) is 17.1 Å². The quantitative estimate of drug-likeness (QED) is 0.178. The van der Waals surface area contributed by atoms with Gasteiger partial charge in [-0.3, -0.25) is 0 Å². The van der Waals surface area contributed by atoms with Gasteiger partial charge in [0.2, 0.25) is 0 Å². The van der Waals surface area contributed by atoms with Crippen LogP contribution in [-0.4, -0.2) is 0 Å². The van der Waals surface area contributed by atoms with E-state index in [1.807, 2.05) is 12.1 Å². The standard InChI is InChI=1S/C57H35NO2/c1-2-17-39(18-3-1)58(41-30-31-46-45-22-9-11-27-52(45)59-53(46)35-41)40-19-12-16-38(34-40)42-24-13-26-49-54(42)47-23-8-10-25-48(47)57(49)50-32-28-36-14-4-6-20-43(36)55(50)60-56-44-21-7-5-15-37(44)29-33-51(56)57/h1-35H. The summed E-state index contributed by atoms with van der Waals surface area (Å²) >= 11 is 0. The summed E-state index contributed by atoms with van der Waals surface area (Å²) in [6.45, 7) is 0. The Hall–Kier alpha value is -7.88. The lowest BCUT2D eigenvalue weighted by Gasteiger charge is -2.40. The van der Waals surface area contributed by atoms with Crippen molar-refractivity contribution in [3.05, 3.63) is 235 Å². The van der Waals surface area contributed by atoms with E-state index in [9.17, 15) is 0 Å². The molecule has 0 N–H and O–H groups in total. The zero-order valence-corrected chi connectivity index (χ0v) is 32.5. The monoisotopic (exact) mass is 765 g/mol. The Kier molecular flexibility index (Phi) is 6.93. The number of anilines is 3. The Morgan fingerprint density at radius 2 is 0.933 bits per heavy atom. The molecule has 3 heteroatoms. The Morgan fingerprint density at radius 1 is 0.350 bits per heavy atom. The summed E-state index contributed by atoms with van der Waals surface area (Å²) in [5.74, 6) is 1.85. The number of fused-ring (bicyclic) bond motifs is 16. The van der Waals surface area contributed by atoms with Gasteiger partial charge in [-0.1, -0.05) is 164 Å². The van der Waals surface area contributed by atoms with Crippen LogP contribution >= 0.6 is 0 Å². The summed E-state index contributed by atoms with van der Waals surface area (Å²) in [5, 5.41) is 6.79. The molecule has 280 valence electrons. The third-order valence-electron chi connectivity index (χ3n) is 12.9. The summed E-state index contributed by atoms with van der Waals surface area (Å²) in [6, 6.07) is 76.7. The molecule has 1 aromatic heterocycles. The fourth-order valence-electron chi connectivity index (χ4n) is 10.4. The van der Waals surface area contributed by atoms with Crippen molar-refractivity contribution < 1.29 is 9.15 Å². The van der Waals surface area contributed by atoms with Crippen LogP contribution in [0.15, 0.2) is 217 Å². The van der Waals surface area contributed by atoms with Gasteiger partial charge in [0, 0.05) is 55.8 Å². The lowest BCUT2D eigenvalue weighted by atomic mass is 9.65. The molecule has 0 saturated heterocycles. The maximum Gasteiger partial charge on any atom is 0.140 e. The van der Waals surface area contributed by atoms with Gasteiger partial charge in [-0.25, -0.2) is 0 Å². The van der Waals surface area contributed by atoms with Gasteiger partial charge in [-0.05, 0) is 86.6 Å². The zero-order valence-electron chi connectivity index (χ0n) is 32.5. The number of benzene rings is 10. The molecule has 3 nitrogen and oxygen atoms in total. The van der Waals surface area contributed by atoms with Crippen molar-refractivity contribution in [2.24, 2.45) is 0 Å². The first-order valence-corrected chi connectivity index (χ1v) is 20.6. The Bertz CT molecular complexity index is 3460. The summed E-state index contributed by atoms with van der Waals surface area (Å²) in [6.07, 6.45) is 0. The summed E-state index contributed by atoms with van der Waals surface area (Å²) < 4.78 is 13.6. The molecule has 1 aliphatic carbocycles. The van der Waals surface area contributed by atoms with E-state index in [0.29, 0.717) is 0 Å². The van der Waals surface area contributed by atoms with E-state index >= 15 is 0 Å². The van der Waals surface area contributed by atoms with Crippen LogP contribution in [-0.2, 0) is 5.41 Å². The average molecular weight is 766 g/mol. The molecular weight excluding hydrogens is 731 g/mol. The molecule has 2 heterocycles. The molecule has 0 saturated carbocycles. The van der Waals surface area contributed by atoms with Crippen LogP contribution in [0, 0.1) is 0 Å². The molecule has 0 atom stereocenters. The van der Waals surface area contributed by atoms with Crippen LogP contribution in [0.1, 0.15) is 22.3 Å². The molecule has 11 aromatic rings. The van der Waals surface area contributed by atoms with Crippen LogP contribution in [0.3, 0.4) is 0 Å². The second-order valence-electron chi connectivity index (χ2n) is 16.0. The predicted octanol–water partition coefficient (Wildman–Crippen LogP) is 15.5. The van der Waals surface area contributed by atoms with Gasteiger partial charge in [0.05, 0.1) is 5.41 Å². The van der Waals surface area contributed by atoms with Gasteiger partial charge in [0.15, 0.2) is 0 Å². The molecule has 0 amide bonds. The van der Waals surface area contributed by atoms with E-state index < -0.39 is 5.41 Å². The van der Waals surface area contributed by atoms with E-state index in [2.05, 4.69) is 205 Å². The number of hydrogen-bond donors (Lipinski definition) is 0. The topological polar surface area (TPSA) is 25.6 Å². The van der Waals surface area contributed by atoms with Crippen LogP contribution in [0.5, 0.6) is 11.5 Å². The van der Waals surface area contributed by atoms with Gasteiger partial charge in [0.25, 0.3) is 0 Å². The molecule has 0 unspecified atom stereocenters. The number of rotatable bonds is 4. The molecule has 13 rings (SSSR count). The van der Waals surface area contributed by atoms with Crippen molar-refractivity contribution in [1.29, 1.82) is 0 Å². The Balaban J connectivity index is 1.05. The Morgan fingerprint density at radius 3 is 1.72 bits per heavy atom. The highest BCUT2D eigenvalue weighted by atomic mass is 16.5. The lowest BCUT2D eigenvalue weighted by molar-refractivity contribution is 0.447.